The smallest absolute Gasteiger partial charge is 0.356 e. The van der Waals surface area contributed by atoms with Crippen LogP contribution in [0, 0.1) is 0 Å². The number of carbonyl (C=O) groups is 1. The minimum absolute atomic E-state index is 0.180. The Kier molecular flexibility index (Phi) is 4.07. The first-order chi connectivity index (χ1) is 8.77. The van der Waals surface area contributed by atoms with Crippen molar-refractivity contribution >= 4 is 5.97 Å². The van der Waals surface area contributed by atoms with Crippen LogP contribution in [-0.2, 0) is 4.74 Å². The normalized spacial score (nSPS) is 11.8. The maximum atomic E-state index is 11.7. The van der Waals surface area contributed by atoms with Crippen LogP contribution in [-0.4, -0.2) is 17.6 Å². The van der Waals surface area contributed by atoms with E-state index in [-0.39, 0.29) is 11.9 Å². The highest BCUT2D eigenvalue weighted by Gasteiger charge is 2.11. The number of benzene rings is 1. The predicted molar refractivity (Wildman–Crippen MR) is 69.4 cm³/mol. The zero-order valence-corrected chi connectivity index (χ0v) is 10.2. The molecule has 1 aromatic carbocycles. The molecule has 0 bridgehead atoms. The van der Waals surface area contributed by atoms with Gasteiger partial charge in [0.25, 0.3) is 0 Å². The number of hydrogen-bond donors (Lipinski definition) is 0. The summed E-state index contributed by atoms with van der Waals surface area (Å²) in [6.07, 6.45) is 1.58. The molecule has 3 heteroatoms. The Morgan fingerprint density at radius 3 is 2.56 bits per heavy atom. The molecule has 92 valence electrons. The van der Waals surface area contributed by atoms with Gasteiger partial charge in [-0.25, -0.2) is 9.78 Å². The Labute approximate surface area is 106 Å². The van der Waals surface area contributed by atoms with E-state index in [9.17, 15) is 4.79 Å². The van der Waals surface area contributed by atoms with Gasteiger partial charge in [-0.2, -0.15) is 0 Å². The Hall–Kier alpha value is -2.16. The fourth-order valence-corrected chi connectivity index (χ4v) is 1.64. The van der Waals surface area contributed by atoms with Crippen molar-refractivity contribution in [1.82, 2.24) is 4.98 Å². The molecule has 1 heterocycles. The molecule has 0 spiro atoms. The maximum absolute atomic E-state index is 11.7. The van der Waals surface area contributed by atoms with Crippen LogP contribution in [0.15, 0.2) is 54.7 Å². The molecule has 0 radical (unpaired) electrons. The average Bonchev–Trinajstić information content (AvgIpc) is 2.46. The third kappa shape index (κ3) is 3.17. The van der Waals surface area contributed by atoms with Crippen molar-refractivity contribution < 1.29 is 9.53 Å². The van der Waals surface area contributed by atoms with Crippen LogP contribution in [0.2, 0.25) is 0 Å². The molecule has 0 fully saturated rings. The first kappa shape index (κ1) is 12.3. The van der Waals surface area contributed by atoms with Crippen molar-refractivity contribution in [2.24, 2.45) is 0 Å². The van der Waals surface area contributed by atoms with Crippen LogP contribution < -0.4 is 0 Å². The molecule has 2 aromatic rings. The first-order valence-corrected chi connectivity index (χ1v) is 5.90. The third-order valence-electron chi connectivity index (χ3n) is 2.71. The number of rotatable bonds is 4. The molecule has 0 aliphatic heterocycles. The largest absolute Gasteiger partial charge is 0.460 e. The molecule has 0 N–H and O–H groups in total. The molecule has 0 saturated heterocycles. The van der Waals surface area contributed by atoms with Crippen LogP contribution in [0.3, 0.4) is 0 Å². The van der Waals surface area contributed by atoms with Crippen LogP contribution >= 0.6 is 0 Å². The quantitative estimate of drug-likeness (QED) is 0.772. The zero-order valence-electron chi connectivity index (χ0n) is 10.2. The Morgan fingerprint density at radius 2 is 1.89 bits per heavy atom. The highest BCUT2D eigenvalue weighted by atomic mass is 16.5. The number of pyridine rings is 1. The summed E-state index contributed by atoms with van der Waals surface area (Å²) in [7, 11) is 0. The summed E-state index contributed by atoms with van der Waals surface area (Å²) >= 11 is 0. The second kappa shape index (κ2) is 5.96. The van der Waals surface area contributed by atoms with Gasteiger partial charge in [0.2, 0.25) is 0 Å². The van der Waals surface area contributed by atoms with E-state index < -0.39 is 0 Å². The van der Waals surface area contributed by atoms with Crippen molar-refractivity contribution in [1.29, 1.82) is 0 Å². The molecular weight excluding hydrogens is 226 g/mol. The number of carbonyl (C=O) groups excluding carboxylic acids is 1. The summed E-state index contributed by atoms with van der Waals surface area (Å²) in [5, 5.41) is 0. The summed E-state index contributed by atoms with van der Waals surface area (Å²) in [4.78, 5) is 15.7. The number of esters is 1. The van der Waals surface area contributed by atoms with Crippen LogP contribution in [0.1, 0.15) is 28.9 Å². The standard InChI is InChI=1S/C15H15NO2/c1-12(13-7-3-2-4-8-13)11-18-15(17)14-9-5-6-10-16-14/h2-10,12H,11H2,1H3. The van der Waals surface area contributed by atoms with E-state index in [1.54, 1.807) is 24.4 Å². The van der Waals surface area contributed by atoms with Gasteiger partial charge in [0.1, 0.15) is 5.69 Å². The molecule has 0 saturated carbocycles. The first-order valence-electron chi connectivity index (χ1n) is 5.90. The summed E-state index contributed by atoms with van der Waals surface area (Å²) in [6, 6.07) is 15.2. The van der Waals surface area contributed by atoms with E-state index in [2.05, 4.69) is 4.98 Å². The van der Waals surface area contributed by atoms with E-state index in [0.29, 0.717) is 12.3 Å². The topological polar surface area (TPSA) is 39.2 Å². The highest BCUT2D eigenvalue weighted by molar-refractivity contribution is 5.87. The molecule has 3 nitrogen and oxygen atoms in total. The lowest BCUT2D eigenvalue weighted by atomic mass is 10.0. The van der Waals surface area contributed by atoms with Crippen molar-refractivity contribution in [2.45, 2.75) is 12.8 Å². The lowest BCUT2D eigenvalue weighted by Gasteiger charge is -2.12. The maximum Gasteiger partial charge on any atom is 0.356 e. The van der Waals surface area contributed by atoms with E-state index in [1.165, 1.54) is 0 Å². The fourth-order valence-electron chi connectivity index (χ4n) is 1.64. The monoisotopic (exact) mass is 241 g/mol. The number of hydrogen-bond acceptors (Lipinski definition) is 3. The predicted octanol–water partition coefficient (Wildman–Crippen LogP) is 3.04. The molecular formula is C15H15NO2. The summed E-state index contributed by atoms with van der Waals surface area (Å²) in [5.74, 6) is -0.197. The van der Waals surface area contributed by atoms with Crippen LogP contribution in [0.25, 0.3) is 0 Å². The van der Waals surface area contributed by atoms with E-state index in [0.717, 1.165) is 5.56 Å². The van der Waals surface area contributed by atoms with E-state index in [4.69, 9.17) is 4.74 Å². The molecule has 2 rings (SSSR count). The lowest BCUT2D eigenvalue weighted by molar-refractivity contribution is 0.0478. The van der Waals surface area contributed by atoms with Gasteiger partial charge in [-0.3, -0.25) is 0 Å². The fraction of sp³-hybridized carbons (Fsp3) is 0.200. The highest BCUT2D eigenvalue weighted by Crippen LogP contribution is 2.15. The number of aromatic nitrogens is 1. The van der Waals surface area contributed by atoms with Crippen molar-refractivity contribution in [2.75, 3.05) is 6.61 Å². The van der Waals surface area contributed by atoms with Gasteiger partial charge in [-0.05, 0) is 17.7 Å². The third-order valence-corrected chi connectivity index (χ3v) is 2.71. The number of nitrogens with zero attached hydrogens (tertiary/aromatic N) is 1. The van der Waals surface area contributed by atoms with Gasteiger partial charge in [-0.15, -0.1) is 0 Å². The van der Waals surface area contributed by atoms with Gasteiger partial charge < -0.3 is 4.74 Å². The molecule has 18 heavy (non-hydrogen) atoms. The molecule has 0 aliphatic rings. The summed E-state index contributed by atoms with van der Waals surface area (Å²) in [5.41, 5.74) is 1.50. The number of ether oxygens (including phenoxy) is 1. The van der Waals surface area contributed by atoms with E-state index >= 15 is 0 Å². The summed E-state index contributed by atoms with van der Waals surface area (Å²) in [6.45, 7) is 2.39. The second-order valence-electron chi connectivity index (χ2n) is 4.13. The van der Waals surface area contributed by atoms with Crippen LogP contribution in [0.4, 0.5) is 0 Å². The molecule has 1 aromatic heterocycles. The van der Waals surface area contributed by atoms with Gasteiger partial charge in [-0.1, -0.05) is 43.3 Å². The van der Waals surface area contributed by atoms with Crippen molar-refractivity contribution in [3.63, 3.8) is 0 Å². The van der Waals surface area contributed by atoms with Crippen molar-refractivity contribution in [3.05, 3.63) is 66.0 Å². The van der Waals surface area contributed by atoms with Gasteiger partial charge in [0.05, 0.1) is 6.61 Å². The average molecular weight is 241 g/mol. The second-order valence-corrected chi connectivity index (χ2v) is 4.13. The minimum Gasteiger partial charge on any atom is -0.460 e. The zero-order chi connectivity index (χ0) is 12.8. The Bertz CT molecular complexity index is 496. The SMILES string of the molecule is CC(COC(=O)c1ccccn1)c1ccccc1. The Morgan fingerprint density at radius 1 is 1.17 bits per heavy atom. The Balaban J connectivity index is 1.91. The van der Waals surface area contributed by atoms with Gasteiger partial charge in [0, 0.05) is 12.1 Å². The minimum atomic E-state index is -0.376. The summed E-state index contributed by atoms with van der Waals surface area (Å²) < 4.78 is 5.24. The molecule has 0 aliphatic carbocycles. The van der Waals surface area contributed by atoms with Gasteiger partial charge in [0.15, 0.2) is 0 Å². The van der Waals surface area contributed by atoms with E-state index in [1.807, 2.05) is 37.3 Å². The van der Waals surface area contributed by atoms with Crippen LogP contribution in [0.5, 0.6) is 0 Å². The van der Waals surface area contributed by atoms with Gasteiger partial charge >= 0.3 is 5.97 Å². The molecule has 1 unspecified atom stereocenters. The molecule has 0 amide bonds. The lowest BCUT2D eigenvalue weighted by Crippen LogP contribution is -2.12. The van der Waals surface area contributed by atoms with Crippen molar-refractivity contribution in [3.8, 4) is 0 Å². The molecule has 1 atom stereocenters.